The SMILES string of the molecule is COc1csc(C(NN)c2cc3ccccc3o2)c1. The number of nitrogens with two attached hydrogens (primary N) is 1. The van der Waals surface area contributed by atoms with Crippen molar-refractivity contribution in [2.45, 2.75) is 6.04 Å². The van der Waals surface area contributed by atoms with Crippen LogP contribution in [0.2, 0.25) is 0 Å². The molecule has 0 aliphatic carbocycles. The first-order chi connectivity index (χ1) is 9.31. The van der Waals surface area contributed by atoms with Gasteiger partial charge in [0, 0.05) is 15.6 Å². The van der Waals surface area contributed by atoms with E-state index in [1.807, 2.05) is 41.8 Å². The van der Waals surface area contributed by atoms with Gasteiger partial charge in [0.2, 0.25) is 0 Å². The van der Waals surface area contributed by atoms with E-state index in [0.29, 0.717) is 0 Å². The number of para-hydroxylation sites is 1. The monoisotopic (exact) mass is 274 g/mol. The van der Waals surface area contributed by atoms with E-state index in [-0.39, 0.29) is 6.04 Å². The van der Waals surface area contributed by atoms with Crippen LogP contribution in [-0.2, 0) is 0 Å². The van der Waals surface area contributed by atoms with E-state index in [2.05, 4.69) is 5.43 Å². The number of nitrogens with one attached hydrogen (secondary N) is 1. The maximum absolute atomic E-state index is 5.84. The zero-order valence-electron chi connectivity index (χ0n) is 10.4. The van der Waals surface area contributed by atoms with Gasteiger partial charge < -0.3 is 9.15 Å². The molecule has 0 radical (unpaired) electrons. The Hall–Kier alpha value is -1.82. The van der Waals surface area contributed by atoms with Crippen molar-refractivity contribution in [3.8, 4) is 5.75 Å². The molecule has 0 saturated carbocycles. The molecule has 0 aliphatic rings. The molecule has 5 heteroatoms. The molecule has 3 aromatic rings. The Morgan fingerprint density at radius 1 is 1.32 bits per heavy atom. The molecule has 3 rings (SSSR count). The molecule has 0 saturated heterocycles. The minimum atomic E-state index is -0.165. The summed E-state index contributed by atoms with van der Waals surface area (Å²) in [5, 5.41) is 3.02. The average molecular weight is 274 g/mol. The Kier molecular flexibility index (Phi) is 3.25. The Morgan fingerprint density at radius 2 is 2.16 bits per heavy atom. The van der Waals surface area contributed by atoms with E-state index in [9.17, 15) is 0 Å². The van der Waals surface area contributed by atoms with Crippen LogP contribution in [0.25, 0.3) is 11.0 Å². The summed E-state index contributed by atoms with van der Waals surface area (Å²) in [6, 6.07) is 11.7. The van der Waals surface area contributed by atoms with E-state index < -0.39 is 0 Å². The van der Waals surface area contributed by atoms with Gasteiger partial charge in [0.15, 0.2) is 0 Å². The number of benzene rings is 1. The summed E-state index contributed by atoms with van der Waals surface area (Å²) in [6.07, 6.45) is 0. The van der Waals surface area contributed by atoms with Crippen LogP contribution in [-0.4, -0.2) is 7.11 Å². The minimum absolute atomic E-state index is 0.165. The Balaban J connectivity index is 2.01. The number of furan rings is 1. The first-order valence-electron chi connectivity index (χ1n) is 5.89. The van der Waals surface area contributed by atoms with Crippen LogP contribution in [0.5, 0.6) is 5.75 Å². The van der Waals surface area contributed by atoms with E-state index in [1.165, 1.54) is 0 Å². The first kappa shape index (κ1) is 12.2. The smallest absolute Gasteiger partial charge is 0.134 e. The number of hydrazine groups is 1. The van der Waals surface area contributed by atoms with Crippen LogP contribution in [0, 0.1) is 0 Å². The van der Waals surface area contributed by atoms with Gasteiger partial charge in [0.05, 0.1) is 7.11 Å². The average Bonchev–Trinajstić information content (AvgIpc) is 3.05. The third-order valence-electron chi connectivity index (χ3n) is 3.01. The van der Waals surface area contributed by atoms with Crippen LogP contribution in [0.3, 0.4) is 0 Å². The van der Waals surface area contributed by atoms with Gasteiger partial charge in [-0.05, 0) is 18.2 Å². The molecule has 2 aromatic heterocycles. The third-order valence-corrected chi connectivity index (χ3v) is 3.99. The molecule has 0 aliphatic heterocycles. The largest absolute Gasteiger partial charge is 0.496 e. The molecule has 0 spiro atoms. The normalized spacial score (nSPS) is 12.7. The number of hydrogen-bond acceptors (Lipinski definition) is 5. The van der Waals surface area contributed by atoms with Gasteiger partial charge in [-0.2, -0.15) is 0 Å². The van der Waals surface area contributed by atoms with Crippen molar-refractivity contribution in [3.63, 3.8) is 0 Å². The standard InChI is InChI=1S/C14H14N2O2S/c1-17-10-7-13(19-8-10)14(16-15)12-6-9-4-2-3-5-11(9)18-12/h2-8,14,16H,15H2,1H3. The molecule has 2 heterocycles. The number of hydrogen-bond donors (Lipinski definition) is 2. The third kappa shape index (κ3) is 2.23. The molecular weight excluding hydrogens is 260 g/mol. The number of rotatable bonds is 4. The van der Waals surface area contributed by atoms with Crippen LogP contribution in [0.1, 0.15) is 16.7 Å². The van der Waals surface area contributed by atoms with Gasteiger partial charge >= 0.3 is 0 Å². The molecule has 3 N–H and O–H groups in total. The van der Waals surface area contributed by atoms with Gasteiger partial charge in [-0.1, -0.05) is 18.2 Å². The first-order valence-corrected chi connectivity index (χ1v) is 6.77. The molecule has 1 unspecified atom stereocenters. The van der Waals surface area contributed by atoms with Crippen LogP contribution in [0.4, 0.5) is 0 Å². The molecular formula is C14H14N2O2S. The Morgan fingerprint density at radius 3 is 2.84 bits per heavy atom. The molecule has 0 bridgehead atoms. The van der Waals surface area contributed by atoms with Gasteiger partial charge in [0.25, 0.3) is 0 Å². The van der Waals surface area contributed by atoms with Crippen LogP contribution >= 0.6 is 11.3 Å². The number of methoxy groups -OCH3 is 1. The maximum atomic E-state index is 5.84. The summed E-state index contributed by atoms with van der Waals surface area (Å²) in [7, 11) is 1.65. The lowest BCUT2D eigenvalue weighted by Gasteiger charge is -2.10. The van der Waals surface area contributed by atoms with E-state index in [0.717, 1.165) is 27.4 Å². The highest BCUT2D eigenvalue weighted by Crippen LogP contribution is 2.33. The zero-order chi connectivity index (χ0) is 13.2. The predicted octanol–water partition coefficient (Wildman–Crippen LogP) is 3.06. The molecule has 19 heavy (non-hydrogen) atoms. The predicted molar refractivity (Wildman–Crippen MR) is 76.3 cm³/mol. The van der Waals surface area contributed by atoms with Crippen LogP contribution in [0.15, 0.2) is 46.2 Å². The summed E-state index contributed by atoms with van der Waals surface area (Å²) >= 11 is 1.58. The molecule has 1 atom stereocenters. The minimum Gasteiger partial charge on any atom is -0.496 e. The van der Waals surface area contributed by atoms with Crippen molar-refractivity contribution in [2.75, 3.05) is 7.11 Å². The van der Waals surface area contributed by atoms with Crippen LogP contribution < -0.4 is 16.0 Å². The second-order valence-electron chi connectivity index (χ2n) is 4.18. The van der Waals surface area contributed by atoms with Crippen molar-refractivity contribution in [3.05, 3.63) is 52.4 Å². The molecule has 4 nitrogen and oxygen atoms in total. The topological polar surface area (TPSA) is 60.4 Å². The second kappa shape index (κ2) is 5.05. The molecule has 0 fully saturated rings. The highest BCUT2D eigenvalue weighted by molar-refractivity contribution is 7.10. The summed E-state index contributed by atoms with van der Waals surface area (Å²) in [5.41, 5.74) is 3.66. The highest BCUT2D eigenvalue weighted by atomic mass is 32.1. The van der Waals surface area contributed by atoms with E-state index in [4.69, 9.17) is 15.0 Å². The molecule has 98 valence electrons. The van der Waals surface area contributed by atoms with Crippen molar-refractivity contribution in [1.29, 1.82) is 0 Å². The summed E-state index contributed by atoms with van der Waals surface area (Å²) in [6.45, 7) is 0. The lowest BCUT2D eigenvalue weighted by Crippen LogP contribution is -2.27. The van der Waals surface area contributed by atoms with Gasteiger partial charge in [-0.25, -0.2) is 5.43 Å². The zero-order valence-corrected chi connectivity index (χ0v) is 11.2. The lowest BCUT2D eigenvalue weighted by molar-refractivity contribution is 0.415. The molecule has 0 amide bonds. The number of fused-ring (bicyclic) bond motifs is 1. The fraction of sp³-hybridized carbons (Fsp3) is 0.143. The van der Waals surface area contributed by atoms with E-state index >= 15 is 0 Å². The second-order valence-corrected chi connectivity index (χ2v) is 5.12. The summed E-state index contributed by atoms with van der Waals surface area (Å²) < 4.78 is 11.0. The van der Waals surface area contributed by atoms with Crippen molar-refractivity contribution in [2.24, 2.45) is 5.84 Å². The fourth-order valence-corrected chi connectivity index (χ4v) is 2.96. The quantitative estimate of drug-likeness (QED) is 0.567. The van der Waals surface area contributed by atoms with Crippen molar-refractivity contribution < 1.29 is 9.15 Å². The Labute approximate surface area is 114 Å². The van der Waals surface area contributed by atoms with Crippen molar-refractivity contribution >= 4 is 22.3 Å². The van der Waals surface area contributed by atoms with E-state index in [1.54, 1.807) is 18.4 Å². The van der Waals surface area contributed by atoms with Crippen molar-refractivity contribution in [1.82, 2.24) is 5.43 Å². The fourth-order valence-electron chi connectivity index (χ4n) is 2.04. The van der Waals surface area contributed by atoms with Gasteiger partial charge in [-0.3, -0.25) is 5.84 Å². The summed E-state index contributed by atoms with van der Waals surface area (Å²) in [4.78, 5) is 1.05. The summed E-state index contributed by atoms with van der Waals surface area (Å²) in [5.74, 6) is 7.29. The number of thiophene rings is 1. The maximum Gasteiger partial charge on any atom is 0.134 e. The van der Waals surface area contributed by atoms with Gasteiger partial charge in [-0.15, -0.1) is 11.3 Å². The van der Waals surface area contributed by atoms with Gasteiger partial charge in [0.1, 0.15) is 23.1 Å². The highest BCUT2D eigenvalue weighted by Gasteiger charge is 2.19. The lowest BCUT2D eigenvalue weighted by atomic mass is 10.2. The number of ether oxygens (including phenoxy) is 1. The molecule has 1 aromatic carbocycles. The Bertz CT molecular complexity index is 656.